The number of benzene rings is 2. The molecule has 0 radical (unpaired) electrons. The highest BCUT2D eigenvalue weighted by Crippen LogP contribution is 2.46. The number of rotatable bonds is 7. The Labute approximate surface area is 162 Å². The van der Waals surface area contributed by atoms with E-state index in [0.717, 1.165) is 0 Å². The van der Waals surface area contributed by atoms with E-state index >= 15 is 0 Å². The van der Waals surface area contributed by atoms with Crippen LogP contribution in [0.1, 0.15) is 10.4 Å². The van der Waals surface area contributed by atoms with E-state index in [2.05, 4.69) is 4.72 Å². The summed E-state index contributed by atoms with van der Waals surface area (Å²) in [7, 11) is 1.14. The number of esters is 1. The highest BCUT2D eigenvalue weighted by atomic mass is 35.5. The van der Waals surface area contributed by atoms with Crippen LogP contribution in [-0.4, -0.2) is 42.8 Å². The molecule has 2 aromatic carbocycles. The summed E-state index contributed by atoms with van der Waals surface area (Å²) in [4.78, 5) is 12.2. The maximum atomic E-state index is 12.8. The Morgan fingerprint density at radius 3 is 2.04 bits per heavy atom. The first-order valence-electron chi connectivity index (χ1n) is 7.48. The maximum Gasteiger partial charge on any atom is 0.340 e. The lowest BCUT2D eigenvalue weighted by molar-refractivity contribution is 0.0601. The van der Waals surface area contributed by atoms with Crippen molar-refractivity contribution in [2.45, 2.75) is 4.90 Å². The number of sulfonamides is 1. The predicted octanol–water partition coefficient (Wildman–Crippen LogP) is 2.95. The number of hydrogen-bond donors (Lipinski definition) is 1. The second kappa shape index (κ2) is 8.36. The van der Waals surface area contributed by atoms with Gasteiger partial charge in [0.25, 0.3) is 10.0 Å². The lowest BCUT2D eigenvalue weighted by Gasteiger charge is -2.19. The van der Waals surface area contributed by atoms with Gasteiger partial charge in [-0.15, -0.1) is 0 Å². The monoisotopic (exact) mass is 415 g/mol. The fourth-order valence-electron chi connectivity index (χ4n) is 2.34. The molecule has 2 rings (SSSR count). The average molecular weight is 416 g/mol. The fraction of sp³-hybridized carbons (Fsp3) is 0.235. The summed E-state index contributed by atoms with van der Waals surface area (Å²) in [6.45, 7) is 0. The molecule has 1 N–H and O–H groups in total. The normalized spacial score (nSPS) is 10.9. The Morgan fingerprint density at radius 2 is 1.56 bits per heavy atom. The standard InChI is InChI=1S/C17H18ClNO7S/c1-23-13-9-12(17(20)26-4)14(16(25-3)15(13)24-2)19-27(21,22)11-7-5-10(18)6-8-11/h5-9,19H,1-4H3. The van der Waals surface area contributed by atoms with Crippen molar-refractivity contribution < 1.29 is 32.2 Å². The van der Waals surface area contributed by atoms with E-state index in [0.29, 0.717) is 5.02 Å². The van der Waals surface area contributed by atoms with Gasteiger partial charge in [0.2, 0.25) is 5.75 Å². The zero-order chi connectivity index (χ0) is 20.2. The van der Waals surface area contributed by atoms with E-state index in [4.69, 9.17) is 30.5 Å². The van der Waals surface area contributed by atoms with Gasteiger partial charge in [0.1, 0.15) is 5.69 Å². The van der Waals surface area contributed by atoms with Crippen molar-refractivity contribution in [3.05, 3.63) is 40.9 Å². The van der Waals surface area contributed by atoms with Crippen LogP contribution < -0.4 is 18.9 Å². The number of ether oxygens (including phenoxy) is 4. The van der Waals surface area contributed by atoms with Gasteiger partial charge in [0.05, 0.1) is 38.9 Å². The molecule has 146 valence electrons. The Kier molecular flexibility index (Phi) is 6.40. The van der Waals surface area contributed by atoms with Gasteiger partial charge in [0, 0.05) is 11.1 Å². The summed E-state index contributed by atoms with van der Waals surface area (Å²) in [5, 5.41) is 0.382. The Bertz CT molecular complexity index is 943. The van der Waals surface area contributed by atoms with Crippen molar-refractivity contribution in [2.75, 3.05) is 33.2 Å². The third kappa shape index (κ3) is 4.20. The molecule has 0 bridgehead atoms. The lowest BCUT2D eigenvalue weighted by atomic mass is 10.1. The van der Waals surface area contributed by atoms with Gasteiger partial charge < -0.3 is 18.9 Å². The molecule has 0 aromatic heterocycles. The van der Waals surface area contributed by atoms with Crippen molar-refractivity contribution in [3.63, 3.8) is 0 Å². The fourth-order valence-corrected chi connectivity index (χ4v) is 3.55. The SMILES string of the molecule is COC(=O)c1cc(OC)c(OC)c(OC)c1NS(=O)(=O)c1ccc(Cl)cc1. The molecule has 27 heavy (non-hydrogen) atoms. The molecule has 0 amide bonds. The molecule has 10 heteroatoms. The van der Waals surface area contributed by atoms with Crippen LogP contribution >= 0.6 is 11.6 Å². The minimum atomic E-state index is -4.06. The number of methoxy groups -OCH3 is 4. The molecule has 0 aliphatic rings. The highest BCUT2D eigenvalue weighted by molar-refractivity contribution is 7.92. The van der Waals surface area contributed by atoms with Crippen molar-refractivity contribution >= 4 is 33.3 Å². The minimum absolute atomic E-state index is 0.0326. The van der Waals surface area contributed by atoms with Gasteiger partial charge in [0.15, 0.2) is 11.5 Å². The number of anilines is 1. The lowest BCUT2D eigenvalue weighted by Crippen LogP contribution is -2.17. The van der Waals surface area contributed by atoms with E-state index in [-0.39, 0.29) is 33.4 Å². The summed E-state index contributed by atoms with van der Waals surface area (Å²) >= 11 is 5.80. The summed E-state index contributed by atoms with van der Waals surface area (Å²) < 4.78 is 48.3. The molecule has 0 heterocycles. The number of carbonyl (C=O) groups excluding carboxylic acids is 1. The molecule has 0 spiro atoms. The highest BCUT2D eigenvalue weighted by Gasteiger charge is 2.28. The van der Waals surface area contributed by atoms with Crippen molar-refractivity contribution in [1.29, 1.82) is 0 Å². The van der Waals surface area contributed by atoms with Gasteiger partial charge in [-0.3, -0.25) is 4.72 Å². The number of halogens is 1. The van der Waals surface area contributed by atoms with E-state index in [1.165, 1.54) is 58.8 Å². The van der Waals surface area contributed by atoms with Crippen LogP contribution in [0.4, 0.5) is 5.69 Å². The average Bonchev–Trinajstić information content (AvgIpc) is 2.66. The second-order valence-electron chi connectivity index (χ2n) is 5.12. The summed E-state index contributed by atoms with van der Waals surface area (Å²) in [6.07, 6.45) is 0. The van der Waals surface area contributed by atoms with Crippen LogP contribution in [0, 0.1) is 0 Å². The number of nitrogens with one attached hydrogen (secondary N) is 1. The maximum absolute atomic E-state index is 12.8. The molecule has 2 aromatic rings. The molecule has 0 atom stereocenters. The van der Waals surface area contributed by atoms with Gasteiger partial charge in [-0.1, -0.05) is 11.6 Å². The smallest absolute Gasteiger partial charge is 0.340 e. The second-order valence-corrected chi connectivity index (χ2v) is 7.24. The van der Waals surface area contributed by atoms with Gasteiger partial charge >= 0.3 is 5.97 Å². The van der Waals surface area contributed by atoms with E-state index in [1.807, 2.05) is 0 Å². The van der Waals surface area contributed by atoms with Crippen LogP contribution in [0.3, 0.4) is 0 Å². The summed E-state index contributed by atoms with van der Waals surface area (Å²) in [6, 6.07) is 6.82. The molecule has 0 saturated heterocycles. The van der Waals surface area contributed by atoms with Crippen LogP contribution in [0.15, 0.2) is 35.2 Å². The van der Waals surface area contributed by atoms with Crippen molar-refractivity contribution in [1.82, 2.24) is 0 Å². The van der Waals surface area contributed by atoms with Gasteiger partial charge in [-0.05, 0) is 24.3 Å². The first-order valence-corrected chi connectivity index (χ1v) is 9.34. The molecular formula is C17H18ClNO7S. The first kappa shape index (κ1) is 20.7. The molecule has 0 unspecified atom stereocenters. The quantitative estimate of drug-likeness (QED) is 0.694. The van der Waals surface area contributed by atoms with E-state index in [9.17, 15) is 13.2 Å². The van der Waals surface area contributed by atoms with Crippen LogP contribution in [0.2, 0.25) is 5.02 Å². The zero-order valence-corrected chi connectivity index (χ0v) is 16.6. The minimum Gasteiger partial charge on any atom is -0.493 e. The van der Waals surface area contributed by atoms with Crippen LogP contribution in [0.5, 0.6) is 17.2 Å². The Hall–Kier alpha value is -2.65. The molecule has 0 fully saturated rings. The molecule has 0 saturated carbocycles. The van der Waals surface area contributed by atoms with E-state index < -0.39 is 16.0 Å². The molecule has 0 aliphatic carbocycles. The first-order chi connectivity index (χ1) is 12.8. The Morgan fingerprint density at radius 1 is 0.963 bits per heavy atom. The predicted molar refractivity (Wildman–Crippen MR) is 99.7 cm³/mol. The van der Waals surface area contributed by atoms with Gasteiger partial charge in [-0.25, -0.2) is 13.2 Å². The van der Waals surface area contributed by atoms with Crippen molar-refractivity contribution in [3.8, 4) is 17.2 Å². The molecule has 0 aliphatic heterocycles. The molecule has 8 nitrogen and oxygen atoms in total. The van der Waals surface area contributed by atoms with Crippen LogP contribution in [-0.2, 0) is 14.8 Å². The van der Waals surface area contributed by atoms with Crippen LogP contribution in [0.25, 0.3) is 0 Å². The topological polar surface area (TPSA) is 100 Å². The number of carbonyl (C=O) groups is 1. The van der Waals surface area contributed by atoms with Gasteiger partial charge in [-0.2, -0.15) is 0 Å². The van der Waals surface area contributed by atoms with Crippen molar-refractivity contribution in [2.24, 2.45) is 0 Å². The molecular weight excluding hydrogens is 398 g/mol. The third-order valence-electron chi connectivity index (χ3n) is 3.60. The zero-order valence-electron chi connectivity index (χ0n) is 15.0. The Balaban J connectivity index is 2.69. The van der Waals surface area contributed by atoms with E-state index in [1.54, 1.807) is 0 Å². The summed E-state index contributed by atoms with van der Waals surface area (Å²) in [5.74, 6) is -0.538. The summed E-state index contributed by atoms with van der Waals surface area (Å²) in [5.41, 5.74) is -0.249. The third-order valence-corrected chi connectivity index (χ3v) is 5.21. The largest absolute Gasteiger partial charge is 0.493 e. The number of hydrogen-bond acceptors (Lipinski definition) is 7.